The Morgan fingerprint density at radius 3 is 2.20 bits per heavy atom. The molecule has 1 aliphatic carbocycles. The quantitative estimate of drug-likeness (QED) is 0.802. The molecular formula is C17H32N2O. The number of nitrogens with zero attached hydrogens (tertiary/aromatic N) is 1. The highest BCUT2D eigenvalue weighted by molar-refractivity contribution is 5.79. The highest BCUT2D eigenvalue weighted by Gasteiger charge is 2.35. The molecule has 3 nitrogen and oxygen atoms in total. The topological polar surface area (TPSA) is 46.3 Å². The molecule has 0 radical (unpaired) electrons. The molecule has 20 heavy (non-hydrogen) atoms. The van der Waals surface area contributed by atoms with Crippen molar-refractivity contribution in [3.05, 3.63) is 0 Å². The molecule has 0 aromatic carbocycles. The van der Waals surface area contributed by atoms with Crippen LogP contribution in [0.2, 0.25) is 0 Å². The van der Waals surface area contributed by atoms with Crippen LogP contribution in [-0.2, 0) is 4.79 Å². The van der Waals surface area contributed by atoms with Gasteiger partial charge in [0.25, 0.3) is 0 Å². The van der Waals surface area contributed by atoms with Crippen molar-refractivity contribution < 1.29 is 4.79 Å². The van der Waals surface area contributed by atoms with E-state index in [1.165, 1.54) is 0 Å². The second-order valence-electron chi connectivity index (χ2n) is 8.12. The van der Waals surface area contributed by atoms with Crippen LogP contribution >= 0.6 is 0 Å². The lowest BCUT2D eigenvalue weighted by molar-refractivity contribution is -0.139. The summed E-state index contributed by atoms with van der Waals surface area (Å²) in [6, 6.07) is 0.297. The molecule has 1 heterocycles. The number of rotatable bonds is 1. The zero-order valence-corrected chi connectivity index (χ0v) is 13.7. The number of carbonyl (C=O) groups excluding carboxylic acids is 1. The minimum Gasteiger partial charge on any atom is -0.342 e. The number of hydrogen-bond acceptors (Lipinski definition) is 2. The van der Waals surface area contributed by atoms with Crippen molar-refractivity contribution in [2.75, 3.05) is 13.1 Å². The zero-order valence-electron chi connectivity index (χ0n) is 13.7. The van der Waals surface area contributed by atoms with Crippen LogP contribution < -0.4 is 5.73 Å². The van der Waals surface area contributed by atoms with E-state index in [4.69, 9.17) is 5.73 Å². The molecule has 2 N–H and O–H groups in total. The third-order valence-corrected chi connectivity index (χ3v) is 5.62. The minimum absolute atomic E-state index is 0.232. The van der Waals surface area contributed by atoms with E-state index in [1.54, 1.807) is 0 Å². The van der Waals surface area contributed by atoms with Crippen molar-refractivity contribution in [2.45, 2.75) is 65.8 Å². The standard InChI is InChI=1S/C17H32N2O/c1-12-11-13(5-6-15(12)18)16(20)19-9-7-14(8-10-19)17(2,3)4/h12-15H,5-11,18H2,1-4H3. The van der Waals surface area contributed by atoms with E-state index in [0.717, 1.165) is 51.1 Å². The van der Waals surface area contributed by atoms with Crippen molar-refractivity contribution >= 4 is 5.91 Å². The summed E-state index contributed by atoms with van der Waals surface area (Å²) in [4.78, 5) is 14.8. The van der Waals surface area contributed by atoms with E-state index in [2.05, 4.69) is 32.6 Å². The average molecular weight is 280 g/mol. The van der Waals surface area contributed by atoms with Gasteiger partial charge in [0.2, 0.25) is 5.91 Å². The van der Waals surface area contributed by atoms with Gasteiger partial charge in [0.05, 0.1) is 0 Å². The Hall–Kier alpha value is -0.570. The molecule has 1 saturated carbocycles. The summed E-state index contributed by atoms with van der Waals surface area (Å²) in [5.74, 6) is 1.88. The first kappa shape index (κ1) is 15.8. The normalized spacial score (nSPS) is 33.2. The molecule has 2 rings (SSSR count). The highest BCUT2D eigenvalue weighted by atomic mass is 16.2. The first-order valence-corrected chi connectivity index (χ1v) is 8.33. The van der Waals surface area contributed by atoms with Crippen molar-refractivity contribution in [1.82, 2.24) is 4.90 Å². The number of likely N-dealkylation sites (tertiary alicyclic amines) is 1. The molecule has 0 bridgehead atoms. The van der Waals surface area contributed by atoms with Crippen LogP contribution in [0, 0.1) is 23.2 Å². The van der Waals surface area contributed by atoms with Crippen molar-refractivity contribution in [3.63, 3.8) is 0 Å². The van der Waals surface area contributed by atoms with Crippen molar-refractivity contribution in [3.8, 4) is 0 Å². The van der Waals surface area contributed by atoms with Crippen LogP contribution in [0.3, 0.4) is 0 Å². The summed E-state index contributed by atoms with van der Waals surface area (Å²) in [5, 5.41) is 0. The van der Waals surface area contributed by atoms with E-state index in [9.17, 15) is 4.79 Å². The fourth-order valence-corrected chi connectivity index (χ4v) is 3.87. The summed E-state index contributed by atoms with van der Waals surface area (Å²) in [6.07, 6.45) is 5.31. The lowest BCUT2D eigenvalue weighted by Crippen LogP contribution is -2.46. The Morgan fingerprint density at radius 1 is 1.10 bits per heavy atom. The summed E-state index contributed by atoms with van der Waals surface area (Å²) < 4.78 is 0. The van der Waals surface area contributed by atoms with Gasteiger partial charge >= 0.3 is 0 Å². The van der Waals surface area contributed by atoms with Gasteiger partial charge in [0.1, 0.15) is 0 Å². The maximum absolute atomic E-state index is 12.6. The van der Waals surface area contributed by atoms with Gasteiger partial charge in [-0.05, 0) is 49.4 Å². The molecular weight excluding hydrogens is 248 g/mol. The van der Waals surface area contributed by atoms with E-state index in [0.29, 0.717) is 23.3 Å². The number of piperidine rings is 1. The van der Waals surface area contributed by atoms with Crippen LogP contribution in [0.1, 0.15) is 59.8 Å². The van der Waals surface area contributed by atoms with Gasteiger partial charge in [-0.25, -0.2) is 0 Å². The smallest absolute Gasteiger partial charge is 0.225 e. The number of nitrogens with two attached hydrogens (primary N) is 1. The Morgan fingerprint density at radius 2 is 1.70 bits per heavy atom. The maximum atomic E-state index is 12.6. The zero-order chi connectivity index (χ0) is 14.9. The predicted molar refractivity (Wildman–Crippen MR) is 83.2 cm³/mol. The SMILES string of the molecule is CC1CC(C(=O)N2CCC(C(C)(C)C)CC2)CCC1N. The van der Waals surface area contributed by atoms with Crippen LogP contribution in [0.25, 0.3) is 0 Å². The molecule has 116 valence electrons. The molecule has 1 amide bonds. The Labute approximate surface area is 124 Å². The molecule has 0 aromatic heterocycles. The van der Waals surface area contributed by atoms with Gasteiger partial charge in [-0.3, -0.25) is 4.79 Å². The summed E-state index contributed by atoms with van der Waals surface area (Å²) in [7, 11) is 0. The minimum atomic E-state index is 0.232. The molecule has 3 atom stereocenters. The maximum Gasteiger partial charge on any atom is 0.225 e. The number of carbonyl (C=O) groups is 1. The van der Waals surface area contributed by atoms with Gasteiger partial charge in [-0.1, -0.05) is 27.7 Å². The number of hydrogen-bond donors (Lipinski definition) is 1. The third kappa shape index (κ3) is 3.55. The molecule has 2 aliphatic rings. The van der Waals surface area contributed by atoms with E-state index in [1.807, 2.05) is 0 Å². The van der Waals surface area contributed by atoms with Crippen molar-refractivity contribution in [2.24, 2.45) is 28.9 Å². The van der Waals surface area contributed by atoms with Crippen LogP contribution in [0.5, 0.6) is 0 Å². The monoisotopic (exact) mass is 280 g/mol. The first-order valence-electron chi connectivity index (χ1n) is 8.33. The largest absolute Gasteiger partial charge is 0.342 e. The lowest BCUT2D eigenvalue weighted by atomic mass is 9.74. The Balaban J connectivity index is 1.86. The third-order valence-electron chi connectivity index (χ3n) is 5.62. The molecule has 3 heteroatoms. The van der Waals surface area contributed by atoms with Gasteiger partial charge in [-0.15, -0.1) is 0 Å². The molecule has 3 unspecified atom stereocenters. The summed E-state index contributed by atoms with van der Waals surface area (Å²) in [6.45, 7) is 11.1. The molecule has 1 aliphatic heterocycles. The van der Waals surface area contributed by atoms with Gasteiger partial charge < -0.3 is 10.6 Å². The molecule has 1 saturated heterocycles. The predicted octanol–water partition coefficient (Wildman–Crippen LogP) is 3.03. The van der Waals surface area contributed by atoms with E-state index in [-0.39, 0.29) is 5.92 Å². The van der Waals surface area contributed by atoms with Gasteiger partial charge in [0, 0.05) is 25.0 Å². The first-order chi connectivity index (χ1) is 9.29. The summed E-state index contributed by atoms with van der Waals surface area (Å²) >= 11 is 0. The molecule has 2 fully saturated rings. The molecule has 0 spiro atoms. The van der Waals surface area contributed by atoms with E-state index >= 15 is 0 Å². The number of amides is 1. The van der Waals surface area contributed by atoms with Gasteiger partial charge in [-0.2, -0.15) is 0 Å². The lowest BCUT2D eigenvalue weighted by Gasteiger charge is -2.41. The second kappa shape index (κ2) is 6.05. The fourth-order valence-electron chi connectivity index (χ4n) is 3.87. The molecule has 0 aromatic rings. The van der Waals surface area contributed by atoms with Crippen LogP contribution in [0.4, 0.5) is 0 Å². The Kier molecular flexibility index (Phi) is 4.78. The second-order valence-corrected chi connectivity index (χ2v) is 8.12. The van der Waals surface area contributed by atoms with Crippen LogP contribution in [0.15, 0.2) is 0 Å². The fraction of sp³-hybridized carbons (Fsp3) is 0.941. The average Bonchev–Trinajstić information content (AvgIpc) is 2.40. The summed E-state index contributed by atoms with van der Waals surface area (Å²) in [5.41, 5.74) is 6.44. The highest BCUT2D eigenvalue weighted by Crippen LogP contribution is 2.36. The Bertz CT molecular complexity index is 339. The van der Waals surface area contributed by atoms with Gasteiger partial charge in [0.15, 0.2) is 0 Å². The van der Waals surface area contributed by atoms with E-state index < -0.39 is 0 Å². The van der Waals surface area contributed by atoms with Crippen LogP contribution in [-0.4, -0.2) is 29.9 Å². The van der Waals surface area contributed by atoms with Crippen molar-refractivity contribution in [1.29, 1.82) is 0 Å².